The lowest BCUT2D eigenvalue weighted by Crippen LogP contribution is -2.59. The van der Waals surface area contributed by atoms with Crippen LogP contribution in [0.1, 0.15) is 11.3 Å². The maximum absolute atomic E-state index is 11.6. The first kappa shape index (κ1) is 12.9. The van der Waals surface area contributed by atoms with Gasteiger partial charge in [0.2, 0.25) is 0 Å². The van der Waals surface area contributed by atoms with Crippen LogP contribution in [-0.2, 0) is 16.3 Å². The first-order valence-corrected chi connectivity index (χ1v) is 9.16. The van der Waals surface area contributed by atoms with E-state index >= 15 is 0 Å². The Kier molecular flexibility index (Phi) is 3.21. The SMILES string of the molecule is O=S1(=O)CCC(C2(Cc3ccc(Cl)s3)CNC2)C1. The Hall–Kier alpha value is -0.100. The number of hydrogen-bond acceptors (Lipinski definition) is 4. The number of halogens is 1. The van der Waals surface area contributed by atoms with E-state index in [2.05, 4.69) is 11.4 Å². The van der Waals surface area contributed by atoms with Crippen LogP contribution < -0.4 is 5.32 Å². The van der Waals surface area contributed by atoms with Crippen molar-refractivity contribution < 1.29 is 8.42 Å². The summed E-state index contributed by atoms with van der Waals surface area (Å²) in [5, 5.41) is 3.31. The second-order valence-electron chi connectivity index (χ2n) is 5.45. The third-order valence-corrected chi connectivity index (χ3v) is 7.21. The predicted octanol–water partition coefficient (Wildman–Crippen LogP) is 1.97. The summed E-state index contributed by atoms with van der Waals surface area (Å²) in [6.45, 7) is 1.87. The number of rotatable bonds is 3. The predicted molar refractivity (Wildman–Crippen MR) is 75.1 cm³/mol. The number of nitrogens with one attached hydrogen (secondary N) is 1. The molecule has 3 rings (SSSR count). The first-order valence-electron chi connectivity index (χ1n) is 6.15. The molecule has 2 saturated heterocycles. The van der Waals surface area contributed by atoms with E-state index in [9.17, 15) is 8.42 Å². The van der Waals surface area contributed by atoms with Gasteiger partial charge in [0.15, 0.2) is 9.84 Å². The van der Waals surface area contributed by atoms with Crippen LogP contribution in [0.4, 0.5) is 0 Å². The highest BCUT2D eigenvalue weighted by molar-refractivity contribution is 7.91. The van der Waals surface area contributed by atoms with Gasteiger partial charge in [-0.25, -0.2) is 8.42 Å². The average Bonchev–Trinajstić information content (AvgIpc) is 2.79. The quantitative estimate of drug-likeness (QED) is 0.929. The molecule has 3 nitrogen and oxygen atoms in total. The fraction of sp³-hybridized carbons (Fsp3) is 0.667. The highest BCUT2D eigenvalue weighted by atomic mass is 35.5. The highest BCUT2D eigenvalue weighted by Crippen LogP contribution is 2.43. The van der Waals surface area contributed by atoms with Crippen LogP contribution in [0.2, 0.25) is 4.34 Å². The summed E-state index contributed by atoms with van der Waals surface area (Å²) in [5.41, 5.74) is 0.137. The lowest BCUT2D eigenvalue weighted by molar-refractivity contribution is 0.0935. The second-order valence-corrected chi connectivity index (χ2v) is 9.48. The summed E-state index contributed by atoms with van der Waals surface area (Å²) in [5.74, 6) is 1.04. The van der Waals surface area contributed by atoms with Gasteiger partial charge in [-0.3, -0.25) is 0 Å². The van der Waals surface area contributed by atoms with Crippen molar-refractivity contribution in [3.8, 4) is 0 Å². The summed E-state index contributed by atoms with van der Waals surface area (Å²) in [6, 6.07) is 3.99. The molecule has 1 N–H and O–H groups in total. The van der Waals surface area contributed by atoms with Crippen molar-refractivity contribution in [2.45, 2.75) is 12.8 Å². The van der Waals surface area contributed by atoms with E-state index < -0.39 is 9.84 Å². The lowest BCUT2D eigenvalue weighted by atomic mass is 9.68. The minimum atomic E-state index is -2.79. The Morgan fingerprint density at radius 3 is 2.67 bits per heavy atom. The fourth-order valence-electron chi connectivity index (χ4n) is 3.08. The molecule has 2 aliphatic rings. The number of hydrogen-bond donors (Lipinski definition) is 1. The number of sulfone groups is 1. The van der Waals surface area contributed by atoms with Gasteiger partial charge in [0.25, 0.3) is 0 Å². The number of thiophene rings is 1. The van der Waals surface area contributed by atoms with Gasteiger partial charge < -0.3 is 5.32 Å². The Bertz CT molecular complexity index is 548. The zero-order valence-corrected chi connectivity index (χ0v) is 12.4. The maximum atomic E-state index is 11.6. The minimum absolute atomic E-state index is 0.137. The van der Waals surface area contributed by atoms with Gasteiger partial charge in [0, 0.05) is 23.4 Å². The van der Waals surface area contributed by atoms with Gasteiger partial charge in [-0.1, -0.05) is 11.6 Å². The molecule has 18 heavy (non-hydrogen) atoms. The van der Waals surface area contributed by atoms with Crippen LogP contribution in [0.15, 0.2) is 12.1 Å². The van der Waals surface area contributed by atoms with Crippen molar-refractivity contribution >= 4 is 32.8 Å². The fourth-order valence-corrected chi connectivity index (χ4v) is 6.26. The van der Waals surface area contributed by atoms with Crippen molar-refractivity contribution in [2.24, 2.45) is 11.3 Å². The molecule has 0 radical (unpaired) electrons. The molecule has 0 spiro atoms. The average molecular weight is 306 g/mol. The molecule has 1 atom stereocenters. The topological polar surface area (TPSA) is 46.2 Å². The van der Waals surface area contributed by atoms with Gasteiger partial charge in [0.05, 0.1) is 15.8 Å². The summed E-state index contributed by atoms with van der Waals surface area (Å²) >= 11 is 7.57. The standard InChI is InChI=1S/C12H16ClNO2S2/c13-11-2-1-10(17-11)5-12(7-14-8-12)9-3-4-18(15,16)6-9/h1-2,9,14H,3-8H2. The zero-order chi connectivity index (χ0) is 12.8. The molecular formula is C12H16ClNO2S2. The Morgan fingerprint density at radius 1 is 1.44 bits per heavy atom. The highest BCUT2D eigenvalue weighted by Gasteiger charge is 2.48. The van der Waals surface area contributed by atoms with Crippen molar-refractivity contribution in [3.63, 3.8) is 0 Å². The molecule has 2 aliphatic heterocycles. The van der Waals surface area contributed by atoms with Gasteiger partial charge in [-0.15, -0.1) is 11.3 Å². The van der Waals surface area contributed by atoms with Crippen molar-refractivity contribution in [1.29, 1.82) is 0 Å². The minimum Gasteiger partial charge on any atom is -0.315 e. The zero-order valence-electron chi connectivity index (χ0n) is 9.99. The van der Waals surface area contributed by atoms with Gasteiger partial charge in [-0.05, 0) is 30.9 Å². The molecular weight excluding hydrogens is 290 g/mol. The monoisotopic (exact) mass is 305 g/mol. The Morgan fingerprint density at radius 2 is 2.22 bits per heavy atom. The van der Waals surface area contributed by atoms with Crippen LogP contribution >= 0.6 is 22.9 Å². The van der Waals surface area contributed by atoms with E-state index in [1.807, 2.05) is 6.07 Å². The van der Waals surface area contributed by atoms with E-state index in [4.69, 9.17) is 11.6 Å². The molecule has 3 heterocycles. The van der Waals surface area contributed by atoms with Crippen LogP contribution in [0.3, 0.4) is 0 Å². The third kappa shape index (κ3) is 2.33. The van der Waals surface area contributed by atoms with Crippen LogP contribution in [-0.4, -0.2) is 33.0 Å². The van der Waals surface area contributed by atoms with E-state index in [1.165, 1.54) is 4.88 Å². The summed E-state index contributed by atoms with van der Waals surface area (Å²) in [7, 11) is -2.79. The van der Waals surface area contributed by atoms with Gasteiger partial charge in [-0.2, -0.15) is 0 Å². The van der Waals surface area contributed by atoms with E-state index in [0.717, 1.165) is 30.3 Å². The van der Waals surface area contributed by atoms with Crippen molar-refractivity contribution in [2.75, 3.05) is 24.6 Å². The largest absolute Gasteiger partial charge is 0.315 e. The lowest BCUT2D eigenvalue weighted by Gasteiger charge is -2.47. The summed E-state index contributed by atoms with van der Waals surface area (Å²) in [4.78, 5) is 1.27. The van der Waals surface area contributed by atoms with Crippen LogP contribution in [0, 0.1) is 11.3 Å². The summed E-state index contributed by atoms with van der Waals surface area (Å²) < 4.78 is 24.1. The molecule has 0 aliphatic carbocycles. The molecule has 100 valence electrons. The summed E-state index contributed by atoms with van der Waals surface area (Å²) in [6.07, 6.45) is 1.78. The van der Waals surface area contributed by atoms with Crippen LogP contribution in [0.25, 0.3) is 0 Å². The Balaban J connectivity index is 1.78. The first-order chi connectivity index (χ1) is 8.49. The molecule has 0 bridgehead atoms. The van der Waals surface area contributed by atoms with E-state index in [0.29, 0.717) is 17.4 Å². The van der Waals surface area contributed by atoms with Gasteiger partial charge in [0.1, 0.15) is 0 Å². The van der Waals surface area contributed by atoms with E-state index in [1.54, 1.807) is 11.3 Å². The normalized spacial score (nSPS) is 29.1. The molecule has 1 unspecified atom stereocenters. The smallest absolute Gasteiger partial charge is 0.150 e. The van der Waals surface area contributed by atoms with Gasteiger partial charge >= 0.3 is 0 Å². The second kappa shape index (κ2) is 4.47. The molecule has 2 fully saturated rings. The molecule has 0 amide bonds. The van der Waals surface area contributed by atoms with Crippen molar-refractivity contribution in [1.82, 2.24) is 5.32 Å². The molecule has 1 aromatic rings. The van der Waals surface area contributed by atoms with E-state index in [-0.39, 0.29) is 5.41 Å². The third-order valence-electron chi connectivity index (χ3n) is 4.21. The molecule has 1 aromatic heterocycles. The molecule has 0 aromatic carbocycles. The van der Waals surface area contributed by atoms with Crippen molar-refractivity contribution in [3.05, 3.63) is 21.3 Å². The maximum Gasteiger partial charge on any atom is 0.150 e. The van der Waals surface area contributed by atoms with Crippen LogP contribution in [0.5, 0.6) is 0 Å². The molecule has 6 heteroatoms. The Labute approximate surface area is 116 Å². The molecule has 0 saturated carbocycles.